The Morgan fingerprint density at radius 3 is 2.74 bits per heavy atom. The number of aryl methyl sites for hydroxylation is 2. The molecule has 0 atom stereocenters. The quantitative estimate of drug-likeness (QED) is 0.765. The van der Waals surface area contributed by atoms with Gasteiger partial charge in [0.1, 0.15) is 0 Å². The highest BCUT2D eigenvalue weighted by Crippen LogP contribution is 2.21. The predicted molar refractivity (Wildman–Crippen MR) is 87.6 cm³/mol. The zero-order valence-electron chi connectivity index (χ0n) is 12.6. The molecular formula is C15H15N3O3S2. The summed E-state index contributed by atoms with van der Waals surface area (Å²) in [4.78, 5) is 5.28. The van der Waals surface area contributed by atoms with Crippen LogP contribution < -0.4 is 4.72 Å². The molecule has 1 N–H and O–H groups in total. The van der Waals surface area contributed by atoms with Crippen LogP contribution in [0, 0.1) is 13.8 Å². The number of rotatable bonds is 5. The fourth-order valence-corrected chi connectivity index (χ4v) is 3.66. The standard InChI is InChI=1S/C15H15N3O3S2/c1-10-5-6-12(8-11(10)2)23(19,20)16-9-14-17-15(18-21-14)13-4-3-7-22-13/h3-8,16H,9H2,1-2H3. The molecule has 0 unspecified atom stereocenters. The molecule has 0 radical (unpaired) electrons. The van der Waals surface area contributed by atoms with E-state index in [-0.39, 0.29) is 17.3 Å². The van der Waals surface area contributed by atoms with Crippen molar-refractivity contribution in [1.82, 2.24) is 14.9 Å². The molecule has 0 saturated carbocycles. The van der Waals surface area contributed by atoms with E-state index in [1.54, 1.807) is 18.2 Å². The van der Waals surface area contributed by atoms with Crippen molar-refractivity contribution in [3.8, 4) is 10.7 Å². The van der Waals surface area contributed by atoms with E-state index in [0.29, 0.717) is 5.82 Å². The number of aromatic nitrogens is 2. The molecular weight excluding hydrogens is 334 g/mol. The Labute approximate surface area is 138 Å². The molecule has 0 fully saturated rings. The van der Waals surface area contributed by atoms with Crippen molar-refractivity contribution in [3.05, 3.63) is 52.7 Å². The number of hydrogen-bond donors (Lipinski definition) is 1. The highest BCUT2D eigenvalue weighted by atomic mass is 32.2. The molecule has 0 aliphatic carbocycles. The predicted octanol–water partition coefficient (Wildman–Crippen LogP) is 2.89. The van der Waals surface area contributed by atoms with Crippen molar-refractivity contribution >= 4 is 21.4 Å². The van der Waals surface area contributed by atoms with Gasteiger partial charge in [-0.25, -0.2) is 13.1 Å². The first-order valence-corrected chi connectivity index (χ1v) is 9.25. The van der Waals surface area contributed by atoms with Gasteiger partial charge in [-0.3, -0.25) is 0 Å². The average molecular weight is 349 g/mol. The fourth-order valence-electron chi connectivity index (χ4n) is 1.95. The van der Waals surface area contributed by atoms with Gasteiger partial charge in [-0.05, 0) is 48.6 Å². The topological polar surface area (TPSA) is 85.1 Å². The molecule has 6 nitrogen and oxygen atoms in total. The number of hydrogen-bond acceptors (Lipinski definition) is 6. The van der Waals surface area contributed by atoms with E-state index in [9.17, 15) is 8.42 Å². The van der Waals surface area contributed by atoms with Crippen molar-refractivity contribution < 1.29 is 12.9 Å². The van der Waals surface area contributed by atoms with Gasteiger partial charge in [-0.15, -0.1) is 11.3 Å². The van der Waals surface area contributed by atoms with Crippen molar-refractivity contribution in [2.24, 2.45) is 0 Å². The molecule has 0 spiro atoms. The minimum atomic E-state index is -3.62. The van der Waals surface area contributed by atoms with Gasteiger partial charge in [0, 0.05) is 0 Å². The summed E-state index contributed by atoms with van der Waals surface area (Å²) >= 11 is 1.49. The molecule has 0 bridgehead atoms. The lowest BCUT2D eigenvalue weighted by atomic mass is 10.1. The molecule has 8 heteroatoms. The molecule has 0 aliphatic heterocycles. The monoisotopic (exact) mass is 349 g/mol. The van der Waals surface area contributed by atoms with Crippen LogP contribution in [0.1, 0.15) is 17.0 Å². The second-order valence-corrected chi connectivity index (χ2v) is 7.77. The molecule has 120 valence electrons. The zero-order chi connectivity index (χ0) is 16.4. The maximum absolute atomic E-state index is 12.3. The van der Waals surface area contributed by atoms with Crippen molar-refractivity contribution in [3.63, 3.8) is 0 Å². The van der Waals surface area contributed by atoms with Gasteiger partial charge in [-0.1, -0.05) is 17.3 Å². The largest absolute Gasteiger partial charge is 0.337 e. The molecule has 0 saturated heterocycles. The minimum Gasteiger partial charge on any atom is -0.337 e. The molecule has 3 aromatic rings. The molecule has 2 aromatic heterocycles. The van der Waals surface area contributed by atoms with Crippen LogP contribution in [0.25, 0.3) is 10.7 Å². The maximum Gasteiger partial charge on any atom is 0.242 e. The third-order valence-corrected chi connectivity index (χ3v) is 5.68. The van der Waals surface area contributed by atoms with E-state index in [4.69, 9.17) is 4.52 Å². The number of nitrogens with zero attached hydrogens (tertiary/aromatic N) is 2. The molecule has 3 rings (SSSR count). The van der Waals surface area contributed by atoms with Crippen LogP contribution in [0.5, 0.6) is 0 Å². The Hall–Kier alpha value is -2.03. The molecule has 1 aromatic carbocycles. The van der Waals surface area contributed by atoms with Gasteiger partial charge in [-0.2, -0.15) is 4.98 Å². The summed E-state index contributed by atoms with van der Waals surface area (Å²) in [6.45, 7) is 3.76. The number of benzene rings is 1. The third kappa shape index (κ3) is 3.49. The highest BCUT2D eigenvalue weighted by molar-refractivity contribution is 7.89. The van der Waals surface area contributed by atoms with Gasteiger partial charge in [0.25, 0.3) is 0 Å². The average Bonchev–Trinajstić information content (AvgIpc) is 3.18. The smallest absolute Gasteiger partial charge is 0.242 e. The van der Waals surface area contributed by atoms with E-state index in [2.05, 4.69) is 14.9 Å². The van der Waals surface area contributed by atoms with Crippen LogP contribution in [0.4, 0.5) is 0 Å². The number of nitrogens with one attached hydrogen (secondary N) is 1. The van der Waals surface area contributed by atoms with Crippen LogP contribution in [-0.4, -0.2) is 18.6 Å². The summed E-state index contributed by atoms with van der Waals surface area (Å²) in [7, 11) is -3.62. The SMILES string of the molecule is Cc1ccc(S(=O)(=O)NCc2nc(-c3cccs3)no2)cc1C. The van der Waals surface area contributed by atoms with Gasteiger partial charge in [0.15, 0.2) is 0 Å². The fraction of sp³-hybridized carbons (Fsp3) is 0.200. The summed E-state index contributed by atoms with van der Waals surface area (Å²) in [5.74, 6) is 0.682. The van der Waals surface area contributed by atoms with E-state index in [1.807, 2.05) is 31.4 Å². The minimum absolute atomic E-state index is 0.0480. The highest BCUT2D eigenvalue weighted by Gasteiger charge is 2.17. The molecule has 23 heavy (non-hydrogen) atoms. The summed E-state index contributed by atoms with van der Waals surface area (Å²) < 4.78 is 32.2. The van der Waals surface area contributed by atoms with E-state index in [1.165, 1.54) is 11.3 Å². The Kier molecular flexibility index (Phi) is 4.29. The zero-order valence-corrected chi connectivity index (χ0v) is 14.2. The van der Waals surface area contributed by atoms with Crippen molar-refractivity contribution in [1.29, 1.82) is 0 Å². The van der Waals surface area contributed by atoms with Crippen molar-refractivity contribution in [2.45, 2.75) is 25.3 Å². The Morgan fingerprint density at radius 1 is 1.22 bits per heavy atom. The van der Waals surface area contributed by atoms with E-state index < -0.39 is 10.0 Å². The molecule has 0 amide bonds. The lowest BCUT2D eigenvalue weighted by Crippen LogP contribution is -2.23. The van der Waals surface area contributed by atoms with Gasteiger partial charge < -0.3 is 4.52 Å². The first-order valence-electron chi connectivity index (χ1n) is 6.89. The summed E-state index contributed by atoms with van der Waals surface area (Å²) in [6.07, 6.45) is 0. The lowest BCUT2D eigenvalue weighted by Gasteiger charge is -2.07. The normalized spacial score (nSPS) is 11.7. The van der Waals surface area contributed by atoms with E-state index in [0.717, 1.165) is 16.0 Å². The Bertz CT molecular complexity index is 915. The first-order chi connectivity index (χ1) is 11.0. The van der Waals surface area contributed by atoms with Gasteiger partial charge >= 0.3 is 0 Å². The summed E-state index contributed by atoms with van der Waals surface area (Å²) in [5.41, 5.74) is 1.96. The lowest BCUT2D eigenvalue weighted by molar-refractivity contribution is 0.376. The van der Waals surface area contributed by atoms with Crippen molar-refractivity contribution in [2.75, 3.05) is 0 Å². The van der Waals surface area contributed by atoms with Crippen LogP contribution in [0.15, 0.2) is 45.1 Å². The van der Waals surface area contributed by atoms with Gasteiger partial charge in [0.2, 0.25) is 21.7 Å². The third-order valence-electron chi connectivity index (χ3n) is 3.41. The second-order valence-electron chi connectivity index (χ2n) is 5.06. The maximum atomic E-state index is 12.3. The van der Waals surface area contributed by atoms with Crippen LogP contribution in [-0.2, 0) is 16.6 Å². The second kappa shape index (κ2) is 6.23. The summed E-state index contributed by atoms with van der Waals surface area (Å²) in [6, 6.07) is 8.76. The number of sulfonamides is 1. The Morgan fingerprint density at radius 2 is 2.04 bits per heavy atom. The Balaban J connectivity index is 1.73. The summed E-state index contributed by atoms with van der Waals surface area (Å²) in [5, 5.41) is 5.76. The van der Waals surface area contributed by atoms with Crippen LogP contribution in [0.2, 0.25) is 0 Å². The van der Waals surface area contributed by atoms with Crippen LogP contribution in [0.3, 0.4) is 0 Å². The molecule has 0 aliphatic rings. The first kappa shape index (κ1) is 15.9. The van der Waals surface area contributed by atoms with E-state index >= 15 is 0 Å². The number of thiophene rings is 1. The van der Waals surface area contributed by atoms with Crippen LogP contribution >= 0.6 is 11.3 Å². The molecule has 2 heterocycles. The van der Waals surface area contributed by atoms with Gasteiger partial charge in [0.05, 0.1) is 16.3 Å².